The molecule has 5 heterocycles. The predicted molar refractivity (Wildman–Crippen MR) is 157 cm³/mol. The number of aromatic nitrogens is 4. The largest absolute Gasteiger partial charge is 3.00 e. The van der Waals surface area contributed by atoms with Crippen LogP contribution in [0.1, 0.15) is 95.0 Å². The van der Waals surface area contributed by atoms with E-state index in [-0.39, 0.29) is 26.9 Å². The number of fused-ring (bicyclic) bond motifs is 8. The van der Waals surface area contributed by atoms with Crippen molar-refractivity contribution in [3.8, 4) is 0 Å². The summed E-state index contributed by atoms with van der Waals surface area (Å²) in [7, 11) is 0. The monoisotopic (exact) mass is 596 g/mol. The molecule has 1 aliphatic heterocycles. The Morgan fingerprint density at radius 2 is 0.789 bits per heavy atom. The zero-order valence-electron chi connectivity index (χ0n) is 24.4. The molecule has 1 aliphatic rings. The van der Waals surface area contributed by atoms with Crippen LogP contribution in [0.2, 0.25) is 0 Å². The normalized spacial score (nSPS) is 15.6. The molecule has 0 spiro atoms. The molecular weight excluding hydrogens is 555 g/mol. The number of aromatic amines is 2. The molecule has 0 saturated heterocycles. The van der Waals surface area contributed by atoms with E-state index in [1.54, 1.807) is 0 Å². The number of hydrogen-bond acceptors (Lipinski definition) is 0. The van der Waals surface area contributed by atoms with Gasteiger partial charge in [-0.2, -0.15) is 0 Å². The molecule has 0 aromatic carbocycles. The molecule has 8 bridgehead atoms. The molecule has 38 heavy (non-hydrogen) atoms. The van der Waals surface area contributed by atoms with Crippen LogP contribution in [0.5, 0.6) is 0 Å². The Bertz CT molecular complexity index is 1590. The van der Waals surface area contributed by atoms with Gasteiger partial charge in [-0.1, -0.05) is 74.3 Å². The van der Waals surface area contributed by atoms with Crippen LogP contribution in [-0.2, 0) is 45.2 Å². The molecule has 0 saturated carbocycles. The number of hydrogen-bond donors (Lipinski definition) is 2. The van der Waals surface area contributed by atoms with Gasteiger partial charge in [-0.05, 0) is 75.6 Å². The molecule has 0 radical (unpaired) electrons. The van der Waals surface area contributed by atoms with Gasteiger partial charge in [0.1, 0.15) is 0 Å². The summed E-state index contributed by atoms with van der Waals surface area (Å²) in [5.41, 5.74) is 14.7. The van der Waals surface area contributed by atoms with Gasteiger partial charge in [0, 0.05) is 21.4 Å². The van der Waals surface area contributed by atoms with Crippen LogP contribution in [0.25, 0.3) is 24.3 Å². The molecule has 5 heteroatoms. The second kappa shape index (κ2) is 11.5. The summed E-state index contributed by atoms with van der Waals surface area (Å²) < 4.78 is 0. The smallest absolute Gasteiger partial charge is 0.657 e. The molecule has 0 atom stereocenters. The van der Waals surface area contributed by atoms with Crippen LogP contribution in [0.4, 0.5) is 0 Å². The molecule has 0 amide bonds. The van der Waals surface area contributed by atoms with Crippen molar-refractivity contribution in [1.82, 2.24) is 19.9 Å². The van der Waals surface area contributed by atoms with Gasteiger partial charge in [0.05, 0.1) is 0 Å². The van der Waals surface area contributed by atoms with Crippen LogP contribution < -0.4 is 31.4 Å². The third-order valence-corrected chi connectivity index (χ3v) is 8.21. The second-order valence-corrected chi connectivity index (χ2v) is 10.1. The number of nitrogens with zero attached hydrogens (tertiary/aromatic N) is 2. The molecule has 4 aromatic heterocycles. The average molecular weight is 597 g/mol. The third kappa shape index (κ3) is 4.75. The molecule has 0 unspecified atom stereocenters. The third-order valence-electron chi connectivity index (χ3n) is 8.21. The van der Waals surface area contributed by atoms with E-state index in [1.807, 2.05) is 0 Å². The van der Waals surface area contributed by atoms with Crippen LogP contribution >= 0.6 is 0 Å². The Morgan fingerprint density at radius 1 is 0.474 bits per heavy atom. The summed E-state index contributed by atoms with van der Waals surface area (Å²) in [6.45, 7) is 17.8. The van der Waals surface area contributed by atoms with E-state index in [0.717, 1.165) is 69.9 Å². The minimum absolute atomic E-state index is 0. The SMILES string of the molecule is CCc1c2[n-]c(c1C)/C=c1\[nH]/c(c(C)c1CC)=C\c1[n-]c(c(C)c1CC)/C=c1\[nH]/c(c(C)c1CC)=C\2.[CH3-].[Rh+3]. The van der Waals surface area contributed by atoms with E-state index >= 15 is 0 Å². The van der Waals surface area contributed by atoms with E-state index in [4.69, 9.17) is 9.97 Å². The topological polar surface area (TPSA) is 59.8 Å². The summed E-state index contributed by atoms with van der Waals surface area (Å²) in [6.07, 6.45) is 12.8. The van der Waals surface area contributed by atoms with Gasteiger partial charge in [0.25, 0.3) is 0 Å². The predicted octanol–water partition coefficient (Wildman–Crippen LogP) is 3.82. The van der Waals surface area contributed by atoms with Crippen LogP contribution in [0, 0.1) is 35.1 Å². The minimum Gasteiger partial charge on any atom is -0.657 e. The van der Waals surface area contributed by atoms with Gasteiger partial charge < -0.3 is 27.4 Å². The second-order valence-electron chi connectivity index (χ2n) is 10.1. The first-order chi connectivity index (χ1) is 17.3. The zero-order chi connectivity index (χ0) is 25.7. The summed E-state index contributed by atoms with van der Waals surface area (Å²) >= 11 is 0. The van der Waals surface area contributed by atoms with E-state index in [2.05, 4.69) is 89.7 Å². The van der Waals surface area contributed by atoms with Crippen molar-refractivity contribution in [3.63, 3.8) is 0 Å². The van der Waals surface area contributed by atoms with Gasteiger partial charge in [0.15, 0.2) is 0 Å². The van der Waals surface area contributed by atoms with Gasteiger partial charge >= 0.3 is 19.5 Å². The molecule has 5 rings (SSSR count). The van der Waals surface area contributed by atoms with Gasteiger partial charge in [-0.25, -0.2) is 0 Å². The summed E-state index contributed by atoms with van der Waals surface area (Å²) in [5.74, 6) is 0. The fourth-order valence-corrected chi connectivity index (χ4v) is 6.02. The van der Waals surface area contributed by atoms with Gasteiger partial charge in [0.2, 0.25) is 0 Å². The first-order valence-electron chi connectivity index (χ1n) is 13.4. The van der Waals surface area contributed by atoms with Crippen LogP contribution in [0.3, 0.4) is 0 Å². The zero-order valence-corrected chi connectivity index (χ0v) is 26.0. The molecule has 202 valence electrons. The standard InChI is InChI=1S/C32H38N4.CH3.Rh/c1-9-21-17(5)25-14-30-23(11-3)19(7)27(35-30)16-32-24(12-4)20(8)28(36-32)15-31-22(10-2)18(6)26(34-31)13-29(21)33-25;;/h13-16,33,36H,9-12H2,1-8H3;1H3;/q-2;-1;+3/b25-14-,26-13?,27-16?,28-15-,29-13-,30-14?,31-15?,32-16-;;. The minimum atomic E-state index is 0. The fraction of sp³-hybridized carbons (Fsp3) is 0.364. The summed E-state index contributed by atoms with van der Waals surface area (Å²) in [6, 6.07) is 0. The van der Waals surface area contributed by atoms with Gasteiger partial charge in [-0.15, -0.1) is 22.8 Å². The van der Waals surface area contributed by atoms with Gasteiger partial charge in [-0.3, -0.25) is 0 Å². The molecule has 0 fully saturated rings. The Kier molecular flexibility index (Phi) is 9.04. The first kappa shape index (κ1) is 29.8. The van der Waals surface area contributed by atoms with E-state index < -0.39 is 0 Å². The van der Waals surface area contributed by atoms with Crippen LogP contribution in [0.15, 0.2) is 0 Å². The maximum absolute atomic E-state index is 5.15. The maximum atomic E-state index is 5.15. The van der Waals surface area contributed by atoms with Crippen molar-refractivity contribution >= 4 is 24.3 Å². The summed E-state index contributed by atoms with van der Waals surface area (Å²) in [4.78, 5) is 17.7. The Balaban J connectivity index is 0.00000200. The van der Waals surface area contributed by atoms with Crippen LogP contribution in [-0.4, -0.2) is 9.97 Å². The maximum Gasteiger partial charge on any atom is 3.00 e. The van der Waals surface area contributed by atoms with Crippen molar-refractivity contribution in [2.24, 2.45) is 0 Å². The quantitative estimate of drug-likeness (QED) is 0.245. The van der Waals surface area contributed by atoms with E-state index in [9.17, 15) is 0 Å². The van der Waals surface area contributed by atoms with Crippen molar-refractivity contribution in [2.75, 3.05) is 0 Å². The van der Waals surface area contributed by atoms with Crippen molar-refractivity contribution < 1.29 is 19.5 Å². The number of H-pyrrole nitrogens is 2. The number of rotatable bonds is 4. The Morgan fingerprint density at radius 3 is 1.11 bits per heavy atom. The molecular formula is C33H41N4Rh. The molecule has 4 aromatic rings. The van der Waals surface area contributed by atoms with E-state index in [0.29, 0.717) is 0 Å². The first-order valence-corrected chi connectivity index (χ1v) is 13.4. The fourth-order valence-electron chi connectivity index (χ4n) is 6.02. The van der Waals surface area contributed by atoms with Crippen molar-refractivity contribution in [3.05, 3.63) is 96.1 Å². The Labute approximate surface area is 240 Å². The summed E-state index contributed by atoms with van der Waals surface area (Å²) in [5, 5.41) is 4.59. The molecule has 4 nitrogen and oxygen atoms in total. The molecule has 2 N–H and O–H groups in total. The average Bonchev–Trinajstić information content (AvgIpc) is 3.51. The van der Waals surface area contributed by atoms with Crippen molar-refractivity contribution in [1.29, 1.82) is 0 Å². The van der Waals surface area contributed by atoms with E-state index in [1.165, 1.54) is 44.5 Å². The number of nitrogens with one attached hydrogen (secondary N) is 2. The molecule has 0 aliphatic carbocycles. The van der Waals surface area contributed by atoms with Crippen molar-refractivity contribution in [2.45, 2.75) is 81.1 Å². The Hall–Kier alpha value is -2.78.